The highest BCUT2D eigenvalue weighted by Gasteiger charge is 2.12. The zero-order chi connectivity index (χ0) is 13.1. The minimum absolute atomic E-state index is 0.0716. The van der Waals surface area contributed by atoms with Crippen LogP contribution in [0.25, 0.3) is 0 Å². The van der Waals surface area contributed by atoms with Gasteiger partial charge >= 0.3 is 0 Å². The standard InChI is InChI=1S/C12H11BrN2O2S/c1-8-2-4-10(18-8)7-14-9-3-5-11(13)12(6-9)15(16)17/h2-6,14H,7H2,1H3. The Balaban J connectivity index is 2.10. The molecule has 1 heterocycles. The Morgan fingerprint density at radius 3 is 2.78 bits per heavy atom. The number of halogens is 1. The van der Waals surface area contributed by atoms with Crippen molar-refractivity contribution in [1.29, 1.82) is 0 Å². The van der Waals surface area contributed by atoms with E-state index in [0.29, 0.717) is 11.0 Å². The Morgan fingerprint density at radius 2 is 2.17 bits per heavy atom. The van der Waals surface area contributed by atoms with Crippen molar-refractivity contribution in [2.45, 2.75) is 13.5 Å². The number of aryl methyl sites for hydroxylation is 1. The van der Waals surface area contributed by atoms with Gasteiger partial charge in [0.05, 0.1) is 9.40 Å². The predicted octanol–water partition coefficient (Wildman–Crippen LogP) is 4.34. The van der Waals surface area contributed by atoms with Gasteiger partial charge in [-0.05, 0) is 47.1 Å². The van der Waals surface area contributed by atoms with Crippen LogP contribution < -0.4 is 5.32 Å². The first-order valence-corrected chi connectivity index (χ1v) is 6.90. The maximum Gasteiger partial charge on any atom is 0.285 e. The zero-order valence-electron chi connectivity index (χ0n) is 9.64. The van der Waals surface area contributed by atoms with Crippen LogP contribution in [-0.4, -0.2) is 4.92 Å². The van der Waals surface area contributed by atoms with Gasteiger partial charge in [0.1, 0.15) is 0 Å². The summed E-state index contributed by atoms with van der Waals surface area (Å²) in [6.07, 6.45) is 0. The first kappa shape index (κ1) is 13.0. The van der Waals surface area contributed by atoms with Crippen LogP contribution in [-0.2, 0) is 6.54 Å². The molecule has 2 rings (SSSR count). The van der Waals surface area contributed by atoms with E-state index in [1.807, 2.05) is 6.07 Å². The molecule has 2 aromatic rings. The maximum atomic E-state index is 10.8. The monoisotopic (exact) mass is 326 g/mol. The molecule has 0 amide bonds. The van der Waals surface area contributed by atoms with E-state index in [4.69, 9.17) is 0 Å². The molecule has 0 radical (unpaired) electrons. The summed E-state index contributed by atoms with van der Waals surface area (Å²) >= 11 is 4.88. The summed E-state index contributed by atoms with van der Waals surface area (Å²) in [4.78, 5) is 12.9. The van der Waals surface area contributed by atoms with Crippen LogP contribution in [0, 0.1) is 17.0 Å². The Morgan fingerprint density at radius 1 is 1.39 bits per heavy atom. The average molecular weight is 327 g/mol. The summed E-state index contributed by atoms with van der Waals surface area (Å²) < 4.78 is 0.491. The fourth-order valence-corrected chi connectivity index (χ4v) is 2.75. The molecule has 0 saturated carbocycles. The van der Waals surface area contributed by atoms with E-state index in [1.165, 1.54) is 15.8 Å². The van der Waals surface area contributed by atoms with Gasteiger partial charge in [0.2, 0.25) is 0 Å². The van der Waals surface area contributed by atoms with Crippen LogP contribution in [0.15, 0.2) is 34.8 Å². The van der Waals surface area contributed by atoms with Crippen molar-refractivity contribution < 1.29 is 4.92 Å². The van der Waals surface area contributed by atoms with Crippen LogP contribution in [0.4, 0.5) is 11.4 Å². The Kier molecular flexibility index (Phi) is 3.98. The van der Waals surface area contributed by atoms with Gasteiger partial charge in [0.15, 0.2) is 0 Å². The summed E-state index contributed by atoms with van der Waals surface area (Å²) in [5, 5.41) is 14.0. The van der Waals surface area contributed by atoms with Crippen molar-refractivity contribution in [3.63, 3.8) is 0 Å². The second-order valence-electron chi connectivity index (χ2n) is 3.79. The molecule has 4 nitrogen and oxygen atoms in total. The largest absolute Gasteiger partial charge is 0.380 e. The third-order valence-electron chi connectivity index (χ3n) is 2.41. The van der Waals surface area contributed by atoms with Crippen LogP contribution in [0.3, 0.4) is 0 Å². The lowest BCUT2D eigenvalue weighted by Gasteiger charge is -2.05. The van der Waals surface area contributed by atoms with Gasteiger partial charge in [0.25, 0.3) is 5.69 Å². The zero-order valence-corrected chi connectivity index (χ0v) is 12.0. The predicted molar refractivity (Wildman–Crippen MR) is 77.2 cm³/mol. The minimum atomic E-state index is -0.398. The van der Waals surface area contributed by atoms with Crippen LogP contribution >= 0.6 is 27.3 Å². The topological polar surface area (TPSA) is 55.2 Å². The van der Waals surface area contributed by atoms with Gasteiger partial charge in [-0.2, -0.15) is 0 Å². The lowest BCUT2D eigenvalue weighted by Crippen LogP contribution is -1.98. The fraction of sp³-hybridized carbons (Fsp3) is 0.167. The summed E-state index contributed by atoms with van der Waals surface area (Å²) in [5.41, 5.74) is 0.818. The first-order chi connectivity index (χ1) is 8.56. The summed E-state index contributed by atoms with van der Waals surface area (Å²) in [5.74, 6) is 0. The van der Waals surface area contributed by atoms with Gasteiger partial charge < -0.3 is 5.32 Å². The molecule has 0 saturated heterocycles. The molecule has 0 aliphatic carbocycles. The number of rotatable bonds is 4. The van der Waals surface area contributed by atoms with Crippen LogP contribution in [0.1, 0.15) is 9.75 Å². The number of anilines is 1. The lowest BCUT2D eigenvalue weighted by molar-refractivity contribution is -0.385. The molecule has 18 heavy (non-hydrogen) atoms. The third-order valence-corrected chi connectivity index (χ3v) is 4.08. The van der Waals surface area contributed by atoms with Crippen LogP contribution in [0.2, 0.25) is 0 Å². The highest BCUT2D eigenvalue weighted by atomic mass is 79.9. The summed E-state index contributed by atoms with van der Waals surface area (Å²) in [7, 11) is 0. The molecule has 0 bridgehead atoms. The molecular formula is C12H11BrN2O2S. The number of nitro groups is 1. The quantitative estimate of drug-likeness (QED) is 0.671. The van der Waals surface area contributed by atoms with Gasteiger partial charge in [0, 0.05) is 28.1 Å². The van der Waals surface area contributed by atoms with Crippen LogP contribution in [0.5, 0.6) is 0 Å². The van der Waals surface area contributed by atoms with Gasteiger partial charge in [-0.25, -0.2) is 0 Å². The van der Waals surface area contributed by atoms with Crippen molar-refractivity contribution in [2.75, 3.05) is 5.32 Å². The molecule has 0 fully saturated rings. The second-order valence-corrected chi connectivity index (χ2v) is 6.02. The van der Waals surface area contributed by atoms with Crippen molar-refractivity contribution in [3.8, 4) is 0 Å². The molecule has 1 N–H and O–H groups in total. The normalized spacial score (nSPS) is 10.3. The second kappa shape index (κ2) is 5.49. The lowest BCUT2D eigenvalue weighted by atomic mass is 10.3. The highest BCUT2D eigenvalue weighted by molar-refractivity contribution is 9.10. The number of hydrogen-bond donors (Lipinski definition) is 1. The molecule has 0 spiro atoms. The third kappa shape index (κ3) is 3.08. The molecule has 1 aromatic heterocycles. The van der Waals surface area contributed by atoms with E-state index in [-0.39, 0.29) is 5.69 Å². The molecule has 0 atom stereocenters. The molecule has 0 unspecified atom stereocenters. The van der Waals surface area contributed by atoms with Crippen molar-refractivity contribution in [1.82, 2.24) is 0 Å². The average Bonchev–Trinajstić information content (AvgIpc) is 2.74. The number of hydrogen-bond acceptors (Lipinski definition) is 4. The van der Waals surface area contributed by atoms with Gasteiger partial charge in [-0.15, -0.1) is 11.3 Å². The van der Waals surface area contributed by atoms with E-state index < -0.39 is 4.92 Å². The molecular weight excluding hydrogens is 316 g/mol. The number of nitrogens with zero attached hydrogens (tertiary/aromatic N) is 1. The van der Waals surface area contributed by atoms with E-state index in [1.54, 1.807) is 17.4 Å². The van der Waals surface area contributed by atoms with E-state index >= 15 is 0 Å². The van der Waals surface area contributed by atoms with Crippen molar-refractivity contribution >= 4 is 38.6 Å². The maximum absolute atomic E-state index is 10.8. The number of nitrogens with one attached hydrogen (secondary N) is 1. The molecule has 6 heteroatoms. The molecule has 94 valence electrons. The minimum Gasteiger partial charge on any atom is -0.380 e. The molecule has 0 aliphatic heterocycles. The van der Waals surface area contributed by atoms with Crippen molar-refractivity contribution in [2.24, 2.45) is 0 Å². The Bertz CT molecular complexity index is 583. The number of thiophene rings is 1. The van der Waals surface area contributed by atoms with E-state index in [9.17, 15) is 10.1 Å². The van der Waals surface area contributed by atoms with Gasteiger partial charge in [-0.1, -0.05) is 0 Å². The molecule has 0 aliphatic rings. The van der Waals surface area contributed by atoms with Gasteiger partial charge in [-0.3, -0.25) is 10.1 Å². The van der Waals surface area contributed by atoms with E-state index in [2.05, 4.69) is 40.3 Å². The smallest absolute Gasteiger partial charge is 0.285 e. The molecule has 1 aromatic carbocycles. The van der Waals surface area contributed by atoms with Crippen molar-refractivity contribution in [3.05, 3.63) is 54.7 Å². The number of benzene rings is 1. The first-order valence-electron chi connectivity index (χ1n) is 5.29. The number of nitro benzene ring substituents is 1. The fourth-order valence-electron chi connectivity index (χ4n) is 1.53. The Labute approximate surface area is 117 Å². The summed E-state index contributed by atoms with van der Waals surface area (Å²) in [6.45, 7) is 2.73. The SMILES string of the molecule is Cc1ccc(CNc2ccc(Br)c([N+](=O)[O-])c2)s1. The Hall–Kier alpha value is -1.40. The highest BCUT2D eigenvalue weighted by Crippen LogP contribution is 2.28. The van der Waals surface area contributed by atoms with E-state index in [0.717, 1.165) is 5.69 Å². The summed E-state index contributed by atoms with van der Waals surface area (Å²) in [6, 6.07) is 9.15.